The van der Waals surface area contributed by atoms with Crippen LogP contribution in [0.1, 0.15) is 13.3 Å². The fourth-order valence-corrected chi connectivity index (χ4v) is 0.505. The minimum atomic E-state index is -1.74. The summed E-state index contributed by atoms with van der Waals surface area (Å²) in [6.45, 7) is 1.50. The summed E-state index contributed by atoms with van der Waals surface area (Å²) in [6, 6.07) is 0. The van der Waals surface area contributed by atoms with E-state index in [1.807, 2.05) is 0 Å². The van der Waals surface area contributed by atoms with E-state index < -0.39 is 29.9 Å². The van der Waals surface area contributed by atoms with Gasteiger partial charge in [0.2, 0.25) is 11.6 Å². The van der Waals surface area contributed by atoms with Crippen molar-refractivity contribution in [3.8, 4) is 0 Å². The molecule has 0 fully saturated rings. The van der Waals surface area contributed by atoms with Crippen LogP contribution in [0.4, 0.5) is 0 Å². The number of rotatable bonds is 5. The fourth-order valence-electron chi connectivity index (χ4n) is 0.505. The molecule has 6 nitrogen and oxygen atoms in total. The van der Waals surface area contributed by atoms with Crippen LogP contribution in [0.2, 0.25) is 0 Å². The highest BCUT2D eigenvalue weighted by molar-refractivity contribution is 6.45. The number of ether oxygens (including phenoxy) is 1. The van der Waals surface area contributed by atoms with Gasteiger partial charge >= 0.3 is 11.9 Å². The molecule has 6 heteroatoms. The average molecular weight is 188 g/mol. The number of carbonyl (C=O) groups is 4. The highest BCUT2D eigenvalue weighted by atomic mass is 16.5. The number of hydrogen-bond acceptors (Lipinski definition) is 5. The van der Waals surface area contributed by atoms with Crippen molar-refractivity contribution < 1.29 is 29.0 Å². The normalized spacial score (nSPS) is 9.00. The van der Waals surface area contributed by atoms with Crippen LogP contribution in [0.15, 0.2) is 0 Å². The van der Waals surface area contributed by atoms with Gasteiger partial charge in [0, 0.05) is 0 Å². The SMILES string of the molecule is CCOC(=O)C(=O)CC(=O)C(=O)O. The zero-order valence-corrected chi connectivity index (χ0v) is 6.90. The quantitative estimate of drug-likeness (QED) is 0.343. The van der Waals surface area contributed by atoms with E-state index in [2.05, 4.69) is 4.74 Å². The molecule has 0 atom stereocenters. The molecule has 0 aromatic carbocycles. The first-order valence-electron chi connectivity index (χ1n) is 3.45. The minimum absolute atomic E-state index is 0.00579. The smallest absolute Gasteiger partial charge is 0.375 e. The third-order valence-electron chi connectivity index (χ3n) is 1.06. The summed E-state index contributed by atoms with van der Waals surface area (Å²) in [4.78, 5) is 41.7. The summed E-state index contributed by atoms with van der Waals surface area (Å²) >= 11 is 0. The van der Waals surface area contributed by atoms with Crippen molar-refractivity contribution >= 4 is 23.5 Å². The molecule has 0 saturated heterocycles. The first kappa shape index (κ1) is 11.3. The Morgan fingerprint density at radius 2 is 1.69 bits per heavy atom. The lowest BCUT2D eigenvalue weighted by atomic mass is 10.2. The molecule has 0 unspecified atom stereocenters. The van der Waals surface area contributed by atoms with E-state index in [9.17, 15) is 19.2 Å². The van der Waals surface area contributed by atoms with Gasteiger partial charge in [-0.2, -0.15) is 0 Å². The summed E-state index contributed by atoms with van der Waals surface area (Å²) in [7, 11) is 0. The second kappa shape index (κ2) is 5.02. The topological polar surface area (TPSA) is 97.7 Å². The second-order valence-electron chi connectivity index (χ2n) is 2.05. The van der Waals surface area contributed by atoms with E-state index in [1.54, 1.807) is 0 Å². The van der Waals surface area contributed by atoms with Gasteiger partial charge in [0.15, 0.2) is 0 Å². The molecule has 0 heterocycles. The molecule has 0 aliphatic rings. The number of Topliss-reactive ketones (excluding diaryl/α,β-unsaturated/α-hetero) is 2. The van der Waals surface area contributed by atoms with Crippen molar-refractivity contribution in [2.45, 2.75) is 13.3 Å². The number of aliphatic carboxylic acids is 1. The van der Waals surface area contributed by atoms with Crippen LogP contribution in [0.5, 0.6) is 0 Å². The zero-order valence-electron chi connectivity index (χ0n) is 6.90. The molecule has 0 radical (unpaired) electrons. The van der Waals surface area contributed by atoms with Crippen molar-refractivity contribution in [1.29, 1.82) is 0 Å². The molecule has 0 aliphatic heterocycles. The molecular formula is C7H8O6. The second-order valence-corrected chi connectivity index (χ2v) is 2.05. The molecule has 0 bridgehead atoms. The minimum Gasteiger partial charge on any atom is -0.475 e. The summed E-state index contributed by atoms with van der Waals surface area (Å²) in [5.74, 6) is -5.39. The highest BCUT2D eigenvalue weighted by Crippen LogP contribution is 1.90. The van der Waals surface area contributed by atoms with Gasteiger partial charge in [-0.1, -0.05) is 0 Å². The van der Waals surface area contributed by atoms with Crippen LogP contribution in [-0.4, -0.2) is 35.2 Å². The van der Waals surface area contributed by atoms with Crippen molar-refractivity contribution in [3.63, 3.8) is 0 Å². The Bertz CT molecular complexity index is 254. The highest BCUT2D eigenvalue weighted by Gasteiger charge is 2.22. The molecule has 0 aromatic rings. The average Bonchev–Trinajstić information content (AvgIpc) is 2.04. The monoisotopic (exact) mass is 188 g/mol. The Kier molecular flexibility index (Phi) is 4.36. The fraction of sp³-hybridized carbons (Fsp3) is 0.429. The Morgan fingerprint density at radius 3 is 2.08 bits per heavy atom. The number of carboxylic acid groups (broad SMARTS) is 1. The van der Waals surface area contributed by atoms with Crippen LogP contribution in [0, 0.1) is 0 Å². The first-order chi connectivity index (χ1) is 5.99. The van der Waals surface area contributed by atoms with Gasteiger partial charge in [-0.05, 0) is 6.92 Å². The summed E-state index contributed by atoms with van der Waals surface area (Å²) in [5.41, 5.74) is 0. The predicted molar refractivity (Wildman–Crippen MR) is 38.9 cm³/mol. The number of carboxylic acids is 1. The maximum Gasteiger partial charge on any atom is 0.375 e. The molecule has 0 spiro atoms. The Morgan fingerprint density at radius 1 is 1.15 bits per heavy atom. The molecule has 1 N–H and O–H groups in total. The number of carbonyl (C=O) groups excluding carboxylic acids is 3. The standard InChI is InChI=1S/C7H8O6/c1-2-13-7(12)5(9)3-4(8)6(10)11/h2-3H2,1H3,(H,10,11). The van der Waals surface area contributed by atoms with E-state index in [0.29, 0.717) is 0 Å². The maximum atomic E-state index is 10.7. The number of ketones is 2. The van der Waals surface area contributed by atoms with Crippen molar-refractivity contribution in [2.75, 3.05) is 6.61 Å². The molecule has 0 saturated carbocycles. The maximum absolute atomic E-state index is 10.7. The Balaban J connectivity index is 4.08. The number of hydrogen-bond donors (Lipinski definition) is 1. The van der Waals surface area contributed by atoms with Gasteiger partial charge in [0.1, 0.15) is 0 Å². The van der Waals surface area contributed by atoms with Crippen molar-refractivity contribution in [2.24, 2.45) is 0 Å². The van der Waals surface area contributed by atoms with Gasteiger partial charge in [-0.25, -0.2) is 9.59 Å². The predicted octanol–water partition coefficient (Wildman–Crippen LogP) is -0.838. The largest absolute Gasteiger partial charge is 0.475 e. The summed E-state index contributed by atoms with van der Waals surface area (Å²) in [6.07, 6.45) is -0.950. The van der Waals surface area contributed by atoms with Gasteiger partial charge in [-0.15, -0.1) is 0 Å². The lowest BCUT2D eigenvalue weighted by Crippen LogP contribution is -2.24. The van der Waals surface area contributed by atoms with Crippen LogP contribution >= 0.6 is 0 Å². The van der Waals surface area contributed by atoms with Crippen molar-refractivity contribution in [1.82, 2.24) is 0 Å². The summed E-state index contributed by atoms with van der Waals surface area (Å²) < 4.78 is 4.25. The Labute approximate surface area is 73.5 Å². The molecule has 0 aromatic heterocycles. The van der Waals surface area contributed by atoms with E-state index in [1.165, 1.54) is 6.92 Å². The lowest BCUT2D eigenvalue weighted by molar-refractivity contribution is -0.156. The summed E-state index contributed by atoms with van der Waals surface area (Å²) in [5, 5.41) is 8.09. The van der Waals surface area contributed by atoms with E-state index in [0.717, 1.165) is 0 Å². The molecule has 0 rings (SSSR count). The third-order valence-corrected chi connectivity index (χ3v) is 1.06. The lowest BCUT2D eigenvalue weighted by Gasteiger charge is -1.97. The number of esters is 1. The van der Waals surface area contributed by atoms with Crippen LogP contribution in [-0.2, 0) is 23.9 Å². The van der Waals surface area contributed by atoms with Crippen LogP contribution < -0.4 is 0 Å². The molecular weight excluding hydrogens is 180 g/mol. The van der Waals surface area contributed by atoms with Gasteiger partial charge < -0.3 is 9.84 Å². The molecule has 72 valence electrons. The molecule has 13 heavy (non-hydrogen) atoms. The third kappa shape index (κ3) is 4.00. The van der Waals surface area contributed by atoms with Gasteiger partial charge in [0.05, 0.1) is 13.0 Å². The van der Waals surface area contributed by atoms with Crippen molar-refractivity contribution in [3.05, 3.63) is 0 Å². The van der Waals surface area contributed by atoms with Gasteiger partial charge in [-0.3, -0.25) is 9.59 Å². The van der Waals surface area contributed by atoms with E-state index in [-0.39, 0.29) is 6.61 Å². The molecule has 0 aliphatic carbocycles. The Hall–Kier alpha value is -1.72. The van der Waals surface area contributed by atoms with Crippen LogP contribution in [0.25, 0.3) is 0 Å². The molecule has 0 amide bonds. The van der Waals surface area contributed by atoms with Gasteiger partial charge in [0.25, 0.3) is 0 Å². The van der Waals surface area contributed by atoms with E-state index >= 15 is 0 Å². The zero-order chi connectivity index (χ0) is 10.4. The first-order valence-corrected chi connectivity index (χ1v) is 3.45. The van der Waals surface area contributed by atoms with E-state index in [4.69, 9.17) is 5.11 Å². The van der Waals surface area contributed by atoms with Crippen LogP contribution in [0.3, 0.4) is 0 Å².